The highest BCUT2D eigenvalue weighted by atomic mass is 32.1. The molecule has 0 aliphatic carbocycles. The van der Waals surface area contributed by atoms with Gasteiger partial charge < -0.3 is 9.80 Å². The van der Waals surface area contributed by atoms with Crippen LogP contribution in [0.25, 0.3) is 0 Å². The third kappa shape index (κ3) is 3.63. The largest absolute Gasteiger partial charge is 0.321 e. The van der Waals surface area contributed by atoms with Gasteiger partial charge in [-0.25, -0.2) is 9.97 Å². The van der Waals surface area contributed by atoms with Gasteiger partial charge in [-0.3, -0.25) is 0 Å². The molecule has 0 radical (unpaired) electrons. The van der Waals surface area contributed by atoms with Crippen molar-refractivity contribution < 1.29 is 9.80 Å². The summed E-state index contributed by atoms with van der Waals surface area (Å²) in [6.07, 6.45) is 0. The van der Waals surface area contributed by atoms with Gasteiger partial charge in [-0.2, -0.15) is 0 Å². The molecule has 1 saturated heterocycles. The van der Waals surface area contributed by atoms with Crippen LogP contribution in [0.15, 0.2) is 10.8 Å². The quantitative estimate of drug-likeness (QED) is 0.813. The van der Waals surface area contributed by atoms with Gasteiger partial charge in [0.05, 0.1) is 10.0 Å². The van der Waals surface area contributed by atoms with Gasteiger partial charge >= 0.3 is 0 Å². The number of nitrogens with zero attached hydrogens (tertiary/aromatic N) is 2. The molecule has 3 heterocycles. The SMILES string of the molecule is Cc1nc(C[NH+]2CC[NH+](Cc3csc(C)n3)CC2)cs1. The number of hydrogen-bond acceptors (Lipinski definition) is 4. The van der Waals surface area contributed by atoms with E-state index in [4.69, 9.17) is 0 Å². The molecule has 6 heteroatoms. The summed E-state index contributed by atoms with van der Waals surface area (Å²) in [5, 5.41) is 6.78. The van der Waals surface area contributed by atoms with Crippen LogP contribution in [0.5, 0.6) is 0 Å². The van der Waals surface area contributed by atoms with E-state index >= 15 is 0 Å². The second-order valence-corrected chi connectivity index (χ2v) is 7.69. The highest BCUT2D eigenvalue weighted by Crippen LogP contribution is 2.07. The molecule has 20 heavy (non-hydrogen) atoms. The topological polar surface area (TPSA) is 34.7 Å². The first-order valence-corrected chi connectivity index (χ1v) is 8.94. The van der Waals surface area contributed by atoms with Crippen LogP contribution >= 0.6 is 22.7 Å². The Morgan fingerprint density at radius 1 is 0.850 bits per heavy atom. The summed E-state index contributed by atoms with van der Waals surface area (Å²) in [5.74, 6) is 0. The zero-order valence-electron chi connectivity index (χ0n) is 12.1. The number of quaternary nitrogens is 2. The first kappa shape index (κ1) is 14.1. The monoisotopic (exact) mass is 310 g/mol. The minimum Gasteiger partial charge on any atom is -0.321 e. The molecule has 0 atom stereocenters. The molecule has 1 aliphatic rings. The molecule has 1 fully saturated rings. The van der Waals surface area contributed by atoms with Crippen molar-refractivity contribution in [1.29, 1.82) is 0 Å². The third-order valence-electron chi connectivity index (χ3n) is 3.86. The zero-order valence-corrected chi connectivity index (χ0v) is 13.7. The molecule has 4 nitrogen and oxygen atoms in total. The molecule has 1 aliphatic heterocycles. The van der Waals surface area contributed by atoms with Gasteiger partial charge in [0, 0.05) is 10.8 Å². The van der Waals surface area contributed by atoms with Gasteiger partial charge in [-0.15, -0.1) is 22.7 Å². The van der Waals surface area contributed by atoms with Gasteiger partial charge in [0.15, 0.2) is 0 Å². The Kier molecular flexibility index (Phi) is 4.45. The first-order chi connectivity index (χ1) is 9.69. The maximum atomic E-state index is 4.58. The van der Waals surface area contributed by atoms with Crippen LogP contribution in [0.1, 0.15) is 21.4 Å². The highest BCUT2D eigenvalue weighted by molar-refractivity contribution is 7.09. The lowest BCUT2D eigenvalue weighted by Gasteiger charge is -2.28. The molecule has 2 aromatic heterocycles. The molecule has 0 spiro atoms. The number of aryl methyl sites for hydroxylation is 2. The molecular formula is C14H22N4S2+2. The molecule has 0 amide bonds. The van der Waals surface area contributed by atoms with E-state index in [2.05, 4.69) is 34.6 Å². The van der Waals surface area contributed by atoms with Crippen LogP contribution < -0.4 is 9.80 Å². The summed E-state index contributed by atoms with van der Waals surface area (Å²) >= 11 is 3.52. The van der Waals surface area contributed by atoms with Crippen molar-refractivity contribution in [2.24, 2.45) is 0 Å². The van der Waals surface area contributed by atoms with Crippen LogP contribution in [0.2, 0.25) is 0 Å². The minimum atomic E-state index is 1.09. The molecule has 3 rings (SSSR count). The van der Waals surface area contributed by atoms with E-state index in [1.54, 1.807) is 32.5 Å². The predicted molar refractivity (Wildman–Crippen MR) is 82.5 cm³/mol. The van der Waals surface area contributed by atoms with Crippen LogP contribution in [0.4, 0.5) is 0 Å². The predicted octanol–water partition coefficient (Wildman–Crippen LogP) is -0.300. The van der Waals surface area contributed by atoms with Crippen LogP contribution in [-0.4, -0.2) is 36.1 Å². The van der Waals surface area contributed by atoms with Crippen molar-refractivity contribution in [3.63, 3.8) is 0 Å². The Hall–Kier alpha value is -0.820. The first-order valence-electron chi connectivity index (χ1n) is 7.18. The normalized spacial score (nSPS) is 23.1. The van der Waals surface area contributed by atoms with Gasteiger partial charge in [0.1, 0.15) is 50.7 Å². The maximum Gasteiger partial charge on any atom is 0.127 e. The molecule has 2 aromatic rings. The Labute approximate surface area is 128 Å². The second kappa shape index (κ2) is 6.30. The molecular weight excluding hydrogens is 288 g/mol. The van der Waals surface area contributed by atoms with E-state index in [1.165, 1.54) is 47.6 Å². The molecule has 0 unspecified atom stereocenters. The molecule has 0 saturated carbocycles. The lowest BCUT2D eigenvalue weighted by molar-refractivity contribution is -1.02. The Bertz CT molecular complexity index is 505. The van der Waals surface area contributed by atoms with E-state index in [9.17, 15) is 0 Å². The lowest BCUT2D eigenvalue weighted by atomic mass is 10.3. The van der Waals surface area contributed by atoms with E-state index in [0.29, 0.717) is 0 Å². The summed E-state index contributed by atoms with van der Waals surface area (Å²) < 4.78 is 0. The van der Waals surface area contributed by atoms with Crippen molar-refractivity contribution in [3.05, 3.63) is 32.2 Å². The number of piperazine rings is 1. The number of aromatic nitrogens is 2. The standard InChI is InChI=1S/C14H20N4S2/c1-11-15-13(9-19-11)7-17-3-5-18(6-4-17)8-14-10-20-12(2)16-14/h9-10H,3-8H2,1-2H3/p+2. The fourth-order valence-corrected chi connectivity index (χ4v) is 4.03. The third-order valence-corrected chi connectivity index (χ3v) is 5.50. The van der Waals surface area contributed by atoms with Crippen LogP contribution in [-0.2, 0) is 13.1 Å². The smallest absolute Gasteiger partial charge is 0.127 e. The fourth-order valence-electron chi connectivity index (χ4n) is 2.80. The summed E-state index contributed by atoms with van der Waals surface area (Å²) in [6.45, 7) is 11.3. The molecule has 108 valence electrons. The van der Waals surface area contributed by atoms with E-state index in [-0.39, 0.29) is 0 Å². The van der Waals surface area contributed by atoms with E-state index in [1.807, 2.05) is 0 Å². The number of thiazole rings is 2. The summed E-state index contributed by atoms with van der Waals surface area (Å²) in [4.78, 5) is 12.5. The average molecular weight is 310 g/mol. The Balaban J connectivity index is 1.47. The van der Waals surface area contributed by atoms with Crippen molar-refractivity contribution >= 4 is 22.7 Å². The van der Waals surface area contributed by atoms with Gasteiger partial charge in [-0.05, 0) is 13.8 Å². The summed E-state index contributed by atoms with van der Waals surface area (Å²) in [6, 6.07) is 0. The van der Waals surface area contributed by atoms with Gasteiger partial charge in [-0.1, -0.05) is 0 Å². The maximum absolute atomic E-state index is 4.58. The van der Waals surface area contributed by atoms with Crippen molar-refractivity contribution in [2.45, 2.75) is 26.9 Å². The van der Waals surface area contributed by atoms with Crippen molar-refractivity contribution in [2.75, 3.05) is 26.2 Å². The Morgan fingerprint density at radius 3 is 1.55 bits per heavy atom. The molecule has 0 aromatic carbocycles. The van der Waals surface area contributed by atoms with Crippen molar-refractivity contribution in [1.82, 2.24) is 9.97 Å². The molecule has 0 bridgehead atoms. The van der Waals surface area contributed by atoms with Crippen LogP contribution in [0.3, 0.4) is 0 Å². The van der Waals surface area contributed by atoms with Crippen molar-refractivity contribution in [3.8, 4) is 0 Å². The van der Waals surface area contributed by atoms with E-state index < -0.39 is 0 Å². The lowest BCUT2D eigenvalue weighted by Crippen LogP contribution is -3.27. The van der Waals surface area contributed by atoms with E-state index in [0.717, 1.165) is 13.1 Å². The highest BCUT2D eigenvalue weighted by Gasteiger charge is 2.24. The number of rotatable bonds is 4. The average Bonchev–Trinajstić information content (AvgIpc) is 3.01. The van der Waals surface area contributed by atoms with Gasteiger partial charge in [0.25, 0.3) is 0 Å². The summed E-state index contributed by atoms with van der Waals surface area (Å²) in [5.41, 5.74) is 2.53. The molecule has 2 N–H and O–H groups in total. The number of nitrogens with one attached hydrogen (secondary N) is 2. The van der Waals surface area contributed by atoms with Crippen LogP contribution in [0, 0.1) is 13.8 Å². The summed E-state index contributed by atoms with van der Waals surface area (Å²) in [7, 11) is 0. The minimum absolute atomic E-state index is 1.09. The Morgan fingerprint density at radius 2 is 1.25 bits per heavy atom. The van der Waals surface area contributed by atoms with Gasteiger partial charge in [0.2, 0.25) is 0 Å². The second-order valence-electron chi connectivity index (χ2n) is 5.57. The zero-order chi connectivity index (χ0) is 13.9. The number of hydrogen-bond donors (Lipinski definition) is 2. The fraction of sp³-hybridized carbons (Fsp3) is 0.571.